The molecule has 4 heteroatoms. The van der Waals surface area contributed by atoms with E-state index in [4.69, 9.17) is 9.68 Å². The van der Waals surface area contributed by atoms with Crippen LogP contribution in [0.15, 0.2) is 10.3 Å². The van der Waals surface area contributed by atoms with Gasteiger partial charge in [0, 0.05) is 12.8 Å². The Morgan fingerprint density at radius 1 is 0.889 bits per heavy atom. The number of hydrogen-bond acceptors (Lipinski definition) is 4. The van der Waals surface area contributed by atoms with E-state index in [0.29, 0.717) is 12.2 Å². The molecule has 106 valence electrons. The van der Waals surface area contributed by atoms with E-state index in [1.165, 1.54) is 0 Å². The van der Waals surface area contributed by atoms with E-state index in [2.05, 4.69) is 24.2 Å². The van der Waals surface area contributed by atoms with E-state index in [9.17, 15) is 0 Å². The second kappa shape index (κ2) is 9.92. The van der Waals surface area contributed by atoms with Crippen molar-refractivity contribution in [2.75, 3.05) is 0 Å². The van der Waals surface area contributed by atoms with Gasteiger partial charge in [-0.3, -0.25) is 0 Å². The maximum absolute atomic E-state index is 5.00. The van der Waals surface area contributed by atoms with Gasteiger partial charge in [-0.05, 0) is 26.7 Å². The summed E-state index contributed by atoms with van der Waals surface area (Å²) in [5, 5.41) is 7.61. The number of nitrogens with zero attached hydrogens (tertiary/aromatic N) is 2. The van der Waals surface area contributed by atoms with Crippen molar-refractivity contribution in [2.24, 2.45) is 10.3 Å². The molecule has 0 saturated carbocycles. The van der Waals surface area contributed by atoms with Gasteiger partial charge in [-0.1, -0.05) is 38.0 Å². The predicted molar refractivity (Wildman–Crippen MR) is 77.1 cm³/mol. The molecule has 0 aromatic rings. The molecule has 2 aliphatic rings. The SMILES string of the molecule is CC.CCC1CC(C)=NO1.CCC1CC(C)=NO1. The van der Waals surface area contributed by atoms with Gasteiger partial charge < -0.3 is 9.68 Å². The highest BCUT2D eigenvalue weighted by molar-refractivity contribution is 5.83. The molecule has 0 aliphatic carbocycles. The molecule has 2 heterocycles. The van der Waals surface area contributed by atoms with Crippen LogP contribution in [0.5, 0.6) is 0 Å². The van der Waals surface area contributed by atoms with Gasteiger partial charge in [0.15, 0.2) is 0 Å². The van der Waals surface area contributed by atoms with Crippen molar-refractivity contribution in [3.8, 4) is 0 Å². The minimum absolute atomic E-state index is 0.370. The summed E-state index contributed by atoms with van der Waals surface area (Å²) in [6.07, 6.45) is 4.93. The first-order chi connectivity index (χ1) is 8.65. The zero-order valence-corrected chi connectivity index (χ0v) is 12.7. The van der Waals surface area contributed by atoms with Gasteiger partial charge in [0.2, 0.25) is 0 Å². The van der Waals surface area contributed by atoms with E-state index in [1.807, 2.05) is 27.7 Å². The van der Waals surface area contributed by atoms with E-state index >= 15 is 0 Å². The lowest BCUT2D eigenvalue weighted by Gasteiger charge is -2.00. The number of oxime groups is 2. The molecule has 2 aliphatic heterocycles. The maximum atomic E-state index is 5.00. The summed E-state index contributed by atoms with van der Waals surface area (Å²) in [5.74, 6) is 0. The smallest absolute Gasteiger partial charge is 0.132 e. The summed E-state index contributed by atoms with van der Waals surface area (Å²) in [5.41, 5.74) is 2.24. The highest BCUT2D eigenvalue weighted by Gasteiger charge is 2.14. The molecule has 0 fully saturated rings. The highest BCUT2D eigenvalue weighted by atomic mass is 16.6. The second-order valence-electron chi connectivity index (χ2n) is 4.33. The van der Waals surface area contributed by atoms with Crippen molar-refractivity contribution >= 4 is 11.4 Å². The molecule has 0 saturated heterocycles. The van der Waals surface area contributed by atoms with Gasteiger partial charge >= 0.3 is 0 Å². The molecule has 0 spiro atoms. The minimum atomic E-state index is 0.370. The van der Waals surface area contributed by atoms with Crippen LogP contribution < -0.4 is 0 Å². The third-order valence-electron chi connectivity index (χ3n) is 2.67. The summed E-state index contributed by atoms with van der Waals surface area (Å²) in [6.45, 7) is 12.2. The van der Waals surface area contributed by atoms with Crippen LogP contribution in [0.25, 0.3) is 0 Å². The van der Waals surface area contributed by atoms with E-state index in [0.717, 1.165) is 37.1 Å². The molecule has 4 nitrogen and oxygen atoms in total. The first-order valence-electron chi connectivity index (χ1n) is 7.04. The number of hydrogen-bond donors (Lipinski definition) is 0. The minimum Gasteiger partial charge on any atom is -0.392 e. The standard InChI is InChI=1S/2C6H11NO.C2H6/c2*1-3-6-4-5(2)7-8-6;1-2/h2*6H,3-4H2,1-2H3;1-2H3. The second-order valence-corrected chi connectivity index (χ2v) is 4.33. The molecule has 2 rings (SSSR count). The summed E-state index contributed by atoms with van der Waals surface area (Å²) >= 11 is 0. The Kier molecular flexibility index (Phi) is 9.33. The van der Waals surface area contributed by atoms with Gasteiger partial charge in [0.05, 0.1) is 11.4 Å². The average molecular weight is 256 g/mol. The number of rotatable bonds is 2. The molecule has 0 bridgehead atoms. The fourth-order valence-corrected chi connectivity index (χ4v) is 1.57. The zero-order valence-electron chi connectivity index (χ0n) is 12.7. The Bertz CT molecular complexity index is 247. The Morgan fingerprint density at radius 2 is 1.22 bits per heavy atom. The van der Waals surface area contributed by atoms with Crippen molar-refractivity contribution < 1.29 is 9.68 Å². The van der Waals surface area contributed by atoms with Gasteiger partial charge in [-0.2, -0.15) is 0 Å². The largest absolute Gasteiger partial charge is 0.392 e. The molecular formula is C14H28N2O2. The normalized spacial score (nSPS) is 24.6. The van der Waals surface area contributed by atoms with Crippen molar-refractivity contribution in [1.82, 2.24) is 0 Å². The van der Waals surface area contributed by atoms with Crippen LogP contribution >= 0.6 is 0 Å². The summed E-state index contributed by atoms with van der Waals surface area (Å²) in [4.78, 5) is 10.0. The average Bonchev–Trinajstić information content (AvgIpc) is 3.01. The lowest BCUT2D eigenvalue weighted by molar-refractivity contribution is 0.0828. The molecule has 18 heavy (non-hydrogen) atoms. The van der Waals surface area contributed by atoms with Crippen LogP contribution in [0.3, 0.4) is 0 Å². The molecule has 0 N–H and O–H groups in total. The highest BCUT2D eigenvalue weighted by Crippen LogP contribution is 2.12. The Hall–Kier alpha value is -1.06. The van der Waals surface area contributed by atoms with E-state index in [1.54, 1.807) is 0 Å². The van der Waals surface area contributed by atoms with Crippen molar-refractivity contribution in [2.45, 2.75) is 79.4 Å². The van der Waals surface area contributed by atoms with Crippen LogP contribution in [0.4, 0.5) is 0 Å². The fraction of sp³-hybridized carbons (Fsp3) is 0.857. The topological polar surface area (TPSA) is 43.2 Å². The summed E-state index contributed by atoms with van der Waals surface area (Å²) in [7, 11) is 0. The van der Waals surface area contributed by atoms with Crippen LogP contribution in [0.1, 0.15) is 67.2 Å². The Morgan fingerprint density at radius 3 is 1.33 bits per heavy atom. The molecule has 0 aromatic carbocycles. The fourth-order valence-electron chi connectivity index (χ4n) is 1.57. The van der Waals surface area contributed by atoms with Gasteiger partial charge in [0.1, 0.15) is 12.2 Å². The molecule has 0 radical (unpaired) electrons. The lowest BCUT2D eigenvalue weighted by Crippen LogP contribution is -2.03. The third-order valence-corrected chi connectivity index (χ3v) is 2.67. The van der Waals surface area contributed by atoms with Crippen molar-refractivity contribution in [3.05, 3.63) is 0 Å². The van der Waals surface area contributed by atoms with Crippen LogP contribution in [0, 0.1) is 0 Å². The predicted octanol–water partition coefficient (Wildman–Crippen LogP) is 4.15. The molecular weight excluding hydrogens is 228 g/mol. The molecule has 2 unspecified atom stereocenters. The summed E-state index contributed by atoms with van der Waals surface area (Å²) in [6, 6.07) is 0. The van der Waals surface area contributed by atoms with Crippen molar-refractivity contribution in [3.63, 3.8) is 0 Å². The lowest BCUT2D eigenvalue weighted by atomic mass is 10.2. The Balaban J connectivity index is 0.000000283. The third kappa shape index (κ3) is 6.62. The quantitative estimate of drug-likeness (QED) is 0.745. The maximum Gasteiger partial charge on any atom is 0.132 e. The van der Waals surface area contributed by atoms with Crippen LogP contribution in [-0.2, 0) is 9.68 Å². The first-order valence-corrected chi connectivity index (χ1v) is 7.04. The Labute approximate surface area is 111 Å². The molecule has 0 amide bonds. The van der Waals surface area contributed by atoms with Gasteiger partial charge in [-0.15, -0.1) is 0 Å². The summed E-state index contributed by atoms with van der Waals surface area (Å²) < 4.78 is 0. The van der Waals surface area contributed by atoms with Gasteiger partial charge in [-0.25, -0.2) is 0 Å². The van der Waals surface area contributed by atoms with E-state index in [-0.39, 0.29) is 0 Å². The molecule has 0 aromatic heterocycles. The monoisotopic (exact) mass is 256 g/mol. The van der Waals surface area contributed by atoms with Crippen molar-refractivity contribution in [1.29, 1.82) is 0 Å². The van der Waals surface area contributed by atoms with Gasteiger partial charge in [0.25, 0.3) is 0 Å². The van der Waals surface area contributed by atoms with Crippen LogP contribution in [0.2, 0.25) is 0 Å². The molecule has 2 atom stereocenters. The van der Waals surface area contributed by atoms with Crippen LogP contribution in [-0.4, -0.2) is 23.6 Å². The van der Waals surface area contributed by atoms with E-state index < -0.39 is 0 Å². The zero-order chi connectivity index (χ0) is 14.0. The first kappa shape index (κ1) is 16.9.